The van der Waals surface area contributed by atoms with E-state index in [4.69, 9.17) is 20.3 Å². The first-order valence-corrected chi connectivity index (χ1v) is 5.05. The predicted octanol–water partition coefficient (Wildman–Crippen LogP) is 0.953. The van der Waals surface area contributed by atoms with Gasteiger partial charge in [0, 0.05) is 30.3 Å². The van der Waals surface area contributed by atoms with Crippen LogP contribution >= 0.6 is 0 Å². The van der Waals surface area contributed by atoms with E-state index in [-0.39, 0.29) is 25.6 Å². The topological polar surface area (TPSA) is 81.8 Å². The Bertz CT molecular complexity index is 417. The van der Waals surface area contributed by atoms with Gasteiger partial charge in [-0.3, -0.25) is 4.79 Å². The van der Waals surface area contributed by atoms with Gasteiger partial charge in [-0.1, -0.05) is 0 Å². The minimum Gasteiger partial charge on any atom is -0.454 e. The van der Waals surface area contributed by atoms with Gasteiger partial charge in [-0.05, 0) is 12.5 Å². The first-order chi connectivity index (χ1) is 7.72. The fraction of sp³-hybridized carbons (Fsp3) is 0.364. The normalized spacial score (nSPS) is 12.8. The van der Waals surface area contributed by atoms with Gasteiger partial charge in [-0.25, -0.2) is 0 Å². The van der Waals surface area contributed by atoms with E-state index in [1.165, 1.54) is 0 Å². The number of nitrogens with two attached hydrogens (primary N) is 1. The molecule has 0 atom stereocenters. The molecule has 1 heterocycles. The van der Waals surface area contributed by atoms with Gasteiger partial charge in [0.25, 0.3) is 0 Å². The zero-order chi connectivity index (χ0) is 11.5. The van der Waals surface area contributed by atoms with Crippen LogP contribution in [-0.4, -0.2) is 24.3 Å². The van der Waals surface area contributed by atoms with Gasteiger partial charge in [0.1, 0.15) is 0 Å². The number of nitrogen functional groups attached to an aromatic ring is 1. The van der Waals surface area contributed by atoms with Crippen molar-refractivity contribution in [3.8, 4) is 11.5 Å². The van der Waals surface area contributed by atoms with Crippen molar-refractivity contribution in [3.63, 3.8) is 0 Å². The number of hydrogen-bond donors (Lipinski definition) is 2. The molecule has 86 valence electrons. The number of anilines is 1. The number of aliphatic hydroxyl groups is 1. The second kappa shape index (κ2) is 4.40. The third-order valence-corrected chi connectivity index (χ3v) is 2.41. The molecule has 0 aliphatic carbocycles. The molecule has 0 aromatic heterocycles. The van der Waals surface area contributed by atoms with Crippen LogP contribution in [0.3, 0.4) is 0 Å². The van der Waals surface area contributed by atoms with Gasteiger partial charge in [-0.2, -0.15) is 0 Å². The van der Waals surface area contributed by atoms with Crippen LogP contribution in [-0.2, 0) is 0 Å². The molecule has 0 radical (unpaired) electrons. The lowest BCUT2D eigenvalue weighted by atomic mass is 10.0. The molecular formula is C11H13NO4. The van der Waals surface area contributed by atoms with Crippen molar-refractivity contribution in [2.24, 2.45) is 0 Å². The maximum Gasteiger partial charge on any atom is 0.231 e. The third kappa shape index (κ3) is 1.94. The van der Waals surface area contributed by atoms with Crippen LogP contribution in [0.25, 0.3) is 0 Å². The number of Topliss-reactive ketones (excluding diaryl/α,β-unsaturated/α-hetero) is 1. The molecule has 1 aliphatic rings. The Labute approximate surface area is 92.8 Å². The van der Waals surface area contributed by atoms with E-state index < -0.39 is 0 Å². The molecule has 2 rings (SSSR count). The summed E-state index contributed by atoms with van der Waals surface area (Å²) >= 11 is 0. The fourth-order valence-electron chi connectivity index (χ4n) is 1.57. The highest BCUT2D eigenvalue weighted by atomic mass is 16.7. The Kier molecular flexibility index (Phi) is 2.96. The Morgan fingerprint density at radius 3 is 2.75 bits per heavy atom. The first-order valence-electron chi connectivity index (χ1n) is 5.05. The van der Waals surface area contributed by atoms with Gasteiger partial charge < -0.3 is 20.3 Å². The minimum absolute atomic E-state index is 0.00377. The Morgan fingerprint density at radius 2 is 2.06 bits per heavy atom. The van der Waals surface area contributed by atoms with Crippen LogP contribution in [0.5, 0.6) is 11.5 Å². The second-order valence-electron chi connectivity index (χ2n) is 3.54. The fourth-order valence-corrected chi connectivity index (χ4v) is 1.57. The number of ketones is 1. The van der Waals surface area contributed by atoms with Gasteiger partial charge in [0.2, 0.25) is 6.79 Å². The number of fused-ring (bicyclic) bond motifs is 1. The van der Waals surface area contributed by atoms with E-state index in [1.807, 2.05) is 0 Å². The predicted molar refractivity (Wildman–Crippen MR) is 57.6 cm³/mol. The minimum atomic E-state index is -0.0927. The zero-order valence-corrected chi connectivity index (χ0v) is 8.73. The van der Waals surface area contributed by atoms with Crippen molar-refractivity contribution in [3.05, 3.63) is 17.7 Å². The molecule has 0 saturated carbocycles. The van der Waals surface area contributed by atoms with Crippen LogP contribution in [0.15, 0.2) is 12.1 Å². The summed E-state index contributed by atoms with van der Waals surface area (Å²) in [5.41, 5.74) is 6.56. The smallest absolute Gasteiger partial charge is 0.231 e. The molecule has 5 nitrogen and oxygen atoms in total. The van der Waals surface area contributed by atoms with Crippen molar-refractivity contribution in [1.82, 2.24) is 0 Å². The quantitative estimate of drug-likeness (QED) is 0.586. The average molecular weight is 223 g/mol. The number of carbonyl (C=O) groups excluding carboxylic acids is 1. The summed E-state index contributed by atoms with van der Waals surface area (Å²) in [7, 11) is 0. The van der Waals surface area contributed by atoms with E-state index in [2.05, 4.69) is 0 Å². The second-order valence-corrected chi connectivity index (χ2v) is 3.54. The highest BCUT2D eigenvalue weighted by Gasteiger charge is 2.19. The summed E-state index contributed by atoms with van der Waals surface area (Å²) in [4.78, 5) is 11.7. The largest absolute Gasteiger partial charge is 0.454 e. The van der Waals surface area contributed by atoms with Crippen molar-refractivity contribution in [2.45, 2.75) is 12.8 Å². The molecule has 1 aromatic rings. The van der Waals surface area contributed by atoms with Crippen molar-refractivity contribution < 1.29 is 19.4 Å². The summed E-state index contributed by atoms with van der Waals surface area (Å²) in [6.07, 6.45) is 0.715. The number of ether oxygens (including phenoxy) is 2. The van der Waals surface area contributed by atoms with Gasteiger partial charge in [0.05, 0.1) is 0 Å². The molecule has 0 amide bonds. The number of benzene rings is 1. The lowest BCUT2D eigenvalue weighted by Gasteiger charge is -2.05. The molecular weight excluding hydrogens is 210 g/mol. The number of rotatable bonds is 4. The summed E-state index contributed by atoms with van der Waals surface area (Å²) in [5, 5.41) is 8.66. The lowest BCUT2D eigenvalue weighted by Crippen LogP contribution is -2.04. The summed E-state index contributed by atoms with van der Waals surface area (Å²) < 4.78 is 10.3. The SMILES string of the molecule is Nc1cc2c(cc1C(=O)CCCO)OCO2. The van der Waals surface area contributed by atoms with Gasteiger partial charge in [-0.15, -0.1) is 0 Å². The molecule has 0 unspecified atom stereocenters. The maximum absolute atomic E-state index is 11.7. The number of hydrogen-bond acceptors (Lipinski definition) is 5. The van der Waals surface area contributed by atoms with E-state index in [9.17, 15) is 4.79 Å². The van der Waals surface area contributed by atoms with E-state index in [1.54, 1.807) is 12.1 Å². The lowest BCUT2D eigenvalue weighted by molar-refractivity contribution is 0.0971. The highest BCUT2D eigenvalue weighted by molar-refractivity contribution is 6.01. The van der Waals surface area contributed by atoms with E-state index >= 15 is 0 Å². The third-order valence-electron chi connectivity index (χ3n) is 2.41. The van der Waals surface area contributed by atoms with Gasteiger partial charge in [0.15, 0.2) is 17.3 Å². The molecule has 0 bridgehead atoms. The summed E-state index contributed by atoms with van der Waals surface area (Å²) in [6, 6.07) is 3.19. The average Bonchev–Trinajstić information content (AvgIpc) is 2.71. The molecule has 3 N–H and O–H groups in total. The van der Waals surface area contributed by atoms with Crippen LogP contribution < -0.4 is 15.2 Å². The number of aliphatic hydroxyl groups excluding tert-OH is 1. The molecule has 5 heteroatoms. The Hall–Kier alpha value is -1.75. The van der Waals surface area contributed by atoms with Crippen molar-refractivity contribution >= 4 is 11.5 Å². The summed E-state index contributed by atoms with van der Waals surface area (Å²) in [6.45, 7) is 0.152. The zero-order valence-electron chi connectivity index (χ0n) is 8.73. The van der Waals surface area contributed by atoms with Crippen LogP contribution in [0.1, 0.15) is 23.2 Å². The highest BCUT2D eigenvalue weighted by Crippen LogP contribution is 2.36. The van der Waals surface area contributed by atoms with Crippen molar-refractivity contribution in [2.75, 3.05) is 19.1 Å². The Balaban J connectivity index is 2.24. The molecule has 16 heavy (non-hydrogen) atoms. The maximum atomic E-state index is 11.7. The molecule has 0 fully saturated rings. The Morgan fingerprint density at radius 1 is 1.38 bits per heavy atom. The van der Waals surface area contributed by atoms with E-state index in [0.29, 0.717) is 29.2 Å². The molecule has 0 saturated heterocycles. The number of carbonyl (C=O) groups is 1. The standard InChI is InChI=1S/C11H13NO4/c12-8-5-11-10(15-6-16-11)4-7(8)9(14)2-1-3-13/h4-5,13H,1-3,6,12H2. The summed E-state index contributed by atoms with van der Waals surface area (Å²) in [5.74, 6) is 1.02. The van der Waals surface area contributed by atoms with Crippen LogP contribution in [0.2, 0.25) is 0 Å². The molecule has 0 spiro atoms. The monoisotopic (exact) mass is 223 g/mol. The molecule has 1 aromatic carbocycles. The van der Waals surface area contributed by atoms with Crippen LogP contribution in [0.4, 0.5) is 5.69 Å². The molecule has 1 aliphatic heterocycles. The van der Waals surface area contributed by atoms with Crippen molar-refractivity contribution in [1.29, 1.82) is 0 Å². The van der Waals surface area contributed by atoms with Crippen LogP contribution in [0, 0.1) is 0 Å². The van der Waals surface area contributed by atoms with E-state index in [0.717, 1.165) is 0 Å². The van der Waals surface area contributed by atoms with Gasteiger partial charge >= 0.3 is 0 Å². The first kappa shape index (κ1) is 10.8.